The summed E-state index contributed by atoms with van der Waals surface area (Å²) in [6, 6.07) is 18.8. The quantitative estimate of drug-likeness (QED) is 0.385. The number of fused-ring (bicyclic) bond motifs is 2. The molecule has 8 nitrogen and oxygen atoms in total. The lowest BCUT2D eigenvalue weighted by molar-refractivity contribution is -0.116. The summed E-state index contributed by atoms with van der Waals surface area (Å²) in [4.78, 5) is 26.7. The van der Waals surface area contributed by atoms with Crippen LogP contribution in [0.25, 0.3) is 10.9 Å². The largest absolute Gasteiger partial charge is 0.497 e. The van der Waals surface area contributed by atoms with E-state index >= 15 is 0 Å². The molecular weight excluding hydrogens is 470 g/mol. The maximum atomic E-state index is 13.6. The lowest BCUT2D eigenvalue weighted by Crippen LogP contribution is -2.31. The number of hydrogen-bond donors (Lipinski definition) is 2. The van der Waals surface area contributed by atoms with Crippen LogP contribution in [0.1, 0.15) is 16.7 Å². The Bertz CT molecular complexity index is 1510. The summed E-state index contributed by atoms with van der Waals surface area (Å²) in [5, 5.41) is 7.01. The van der Waals surface area contributed by atoms with Crippen LogP contribution in [0.2, 0.25) is 0 Å². The number of hydrogen-bond acceptors (Lipinski definition) is 6. The van der Waals surface area contributed by atoms with Crippen molar-refractivity contribution in [2.75, 3.05) is 31.0 Å². The topological polar surface area (TPSA) is 90.8 Å². The molecule has 37 heavy (non-hydrogen) atoms. The number of carbonyl (C=O) groups excluding carboxylic acids is 1. The Kier molecular flexibility index (Phi) is 6.72. The van der Waals surface area contributed by atoms with Crippen LogP contribution in [-0.4, -0.2) is 30.8 Å². The van der Waals surface area contributed by atoms with E-state index < -0.39 is 0 Å². The minimum absolute atomic E-state index is 0.141. The van der Waals surface area contributed by atoms with E-state index in [1.54, 1.807) is 13.2 Å². The number of nitrogens with one attached hydrogen (secondary N) is 2. The molecule has 0 spiro atoms. The first-order chi connectivity index (χ1) is 17.9. The predicted molar refractivity (Wildman–Crippen MR) is 144 cm³/mol. The van der Waals surface area contributed by atoms with Gasteiger partial charge in [-0.1, -0.05) is 6.07 Å². The zero-order valence-corrected chi connectivity index (χ0v) is 21.1. The summed E-state index contributed by atoms with van der Waals surface area (Å²) in [6.45, 7) is 4.99. The van der Waals surface area contributed by atoms with Crippen molar-refractivity contribution in [3.05, 3.63) is 87.7 Å². The summed E-state index contributed by atoms with van der Waals surface area (Å²) < 4.78 is 18.2. The summed E-state index contributed by atoms with van der Waals surface area (Å²) in [5.41, 5.74) is 4.53. The number of methoxy groups -OCH3 is 1. The average Bonchev–Trinajstić information content (AvgIpc) is 2.88. The summed E-state index contributed by atoms with van der Waals surface area (Å²) in [5.74, 6) is 1.65. The van der Waals surface area contributed by atoms with Crippen LogP contribution >= 0.6 is 0 Å². The molecule has 0 saturated heterocycles. The molecular formula is C29H29N3O5. The minimum atomic E-state index is -0.288. The Morgan fingerprint density at radius 3 is 2.27 bits per heavy atom. The highest BCUT2D eigenvalue weighted by atomic mass is 16.6. The molecule has 190 valence electrons. The highest BCUT2D eigenvalue weighted by Crippen LogP contribution is 2.34. The van der Waals surface area contributed by atoms with Gasteiger partial charge in [-0.3, -0.25) is 14.2 Å². The first kappa shape index (κ1) is 24.2. The van der Waals surface area contributed by atoms with E-state index in [1.807, 2.05) is 68.4 Å². The van der Waals surface area contributed by atoms with Crippen molar-refractivity contribution in [3.63, 3.8) is 0 Å². The smallest absolute Gasteiger partial charge is 0.256 e. The van der Waals surface area contributed by atoms with Crippen molar-refractivity contribution in [1.29, 1.82) is 0 Å². The number of benzene rings is 3. The van der Waals surface area contributed by atoms with E-state index in [9.17, 15) is 9.59 Å². The molecule has 1 aromatic heterocycles. The molecule has 3 aromatic carbocycles. The fourth-order valence-electron chi connectivity index (χ4n) is 4.56. The fourth-order valence-corrected chi connectivity index (χ4v) is 4.56. The van der Waals surface area contributed by atoms with Crippen molar-refractivity contribution in [3.8, 4) is 17.2 Å². The van der Waals surface area contributed by atoms with Crippen LogP contribution in [0, 0.1) is 13.8 Å². The van der Waals surface area contributed by atoms with Crippen molar-refractivity contribution >= 4 is 28.2 Å². The number of rotatable bonds is 7. The standard InChI is InChI=1S/C29H29N3O5/c1-18-10-19(2)12-23(11-18)31-28(33)17-32-25-15-27-26(36-8-9-37-27)14-20(25)13-21(29(32)34)16-30-22-4-6-24(35-3)7-5-22/h4-7,10-15,30H,8-9,16-17H2,1-3H3,(H,31,33). The molecule has 2 heterocycles. The van der Waals surface area contributed by atoms with Crippen molar-refractivity contribution in [2.45, 2.75) is 26.9 Å². The number of carbonyl (C=O) groups is 1. The maximum absolute atomic E-state index is 13.6. The maximum Gasteiger partial charge on any atom is 0.256 e. The summed E-state index contributed by atoms with van der Waals surface area (Å²) >= 11 is 0. The highest BCUT2D eigenvalue weighted by Gasteiger charge is 2.18. The molecule has 0 bridgehead atoms. The van der Waals surface area contributed by atoms with Crippen molar-refractivity contribution in [2.24, 2.45) is 0 Å². The van der Waals surface area contributed by atoms with E-state index in [1.165, 1.54) is 4.57 Å². The molecule has 0 radical (unpaired) electrons. The van der Waals surface area contributed by atoms with Crippen LogP contribution in [0.3, 0.4) is 0 Å². The molecule has 5 rings (SSSR count). The van der Waals surface area contributed by atoms with E-state index in [0.29, 0.717) is 41.5 Å². The molecule has 1 aliphatic rings. The zero-order valence-electron chi connectivity index (χ0n) is 21.1. The Morgan fingerprint density at radius 2 is 1.59 bits per heavy atom. The van der Waals surface area contributed by atoms with Crippen LogP contribution in [-0.2, 0) is 17.9 Å². The van der Waals surface area contributed by atoms with Gasteiger partial charge in [0.05, 0.1) is 12.6 Å². The highest BCUT2D eigenvalue weighted by molar-refractivity contribution is 5.92. The number of anilines is 2. The van der Waals surface area contributed by atoms with Gasteiger partial charge < -0.3 is 24.8 Å². The van der Waals surface area contributed by atoms with Gasteiger partial charge in [0.15, 0.2) is 11.5 Å². The SMILES string of the molecule is COc1ccc(NCc2cc3cc4c(cc3n(CC(=O)Nc3cc(C)cc(C)c3)c2=O)OCCO4)cc1. The van der Waals surface area contributed by atoms with Gasteiger partial charge in [-0.25, -0.2) is 0 Å². The van der Waals surface area contributed by atoms with Gasteiger partial charge in [0.25, 0.3) is 5.56 Å². The van der Waals surface area contributed by atoms with Gasteiger partial charge in [-0.05, 0) is 73.5 Å². The van der Waals surface area contributed by atoms with Gasteiger partial charge in [0, 0.05) is 34.9 Å². The molecule has 1 amide bonds. The normalized spacial score (nSPS) is 12.3. The minimum Gasteiger partial charge on any atom is -0.497 e. The Morgan fingerprint density at radius 1 is 0.919 bits per heavy atom. The zero-order chi connectivity index (χ0) is 25.9. The third kappa shape index (κ3) is 5.38. The molecule has 2 N–H and O–H groups in total. The number of aryl methyl sites for hydroxylation is 2. The summed E-state index contributed by atoms with van der Waals surface area (Å²) in [6.07, 6.45) is 0. The molecule has 0 fully saturated rings. The Hall–Kier alpha value is -4.46. The molecule has 0 atom stereocenters. The summed E-state index contributed by atoms with van der Waals surface area (Å²) in [7, 11) is 1.61. The molecule has 0 aliphatic carbocycles. The van der Waals surface area contributed by atoms with Gasteiger partial charge in [0.2, 0.25) is 5.91 Å². The number of aromatic nitrogens is 1. The van der Waals surface area contributed by atoms with E-state index in [0.717, 1.165) is 28.0 Å². The molecule has 4 aromatic rings. The molecule has 0 saturated carbocycles. The first-order valence-electron chi connectivity index (χ1n) is 12.1. The second-order valence-corrected chi connectivity index (χ2v) is 9.12. The van der Waals surface area contributed by atoms with Crippen LogP contribution < -0.4 is 30.4 Å². The third-order valence-electron chi connectivity index (χ3n) is 6.21. The lowest BCUT2D eigenvalue weighted by atomic mass is 10.1. The molecule has 1 aliphatic heterocycles. The van der Waals surface area contributed by atoms with Gasteiger partial charge in [-0.15, -0.1) is 0 Å². The van der Waals surface area contributed by atoms with E-state index in [-0.39, 0.29) is 24.6 Å². The monoisotopic (exact) mass is 499 g/mol. The lowest BCUT2D eigenvalue weighted by Gasteiger charge is -2.21. The van der Waals surface area contributed by atoms with Crippen molar-refractivity contribution < 1.29 is 19.0 Å². The second kappa shape index (κ2) is 10.3. The number of nitrogens with zero attached hydrogens (tertiary/aromatic N) is 1. The molecule has 8 heteroatoms. The number of pyridine rings is 1. The number of amides is 1. The second-order valence-electron chi connectivity index (χ2n) is 9.12. The Labute approximate surface area is 214 Å². The third-order valence-corrected chi connectivity index (χ3v) is 6.21. The van der Waals surface area contributed by atoms with Crippen molar-refractivity contribution in [1.82, 2.24) is 4.57 Å². The predicted octanol–water partition coefficient (Wildman–Crippen LogP) is 4.65. The van der Waals surface area contributed by atoms with Gasteiger partial charge >= 0.3 is 0 Å². The fraction of sp³-hybridized carbons (Fsp3) is 0.241. The first-order valence-corrected chi connectivity index (χ1v) is 12.1. The van der Waals surface area contributed by atoms with E-state index in [2.05, 4.69) is 10.6 Å². The van der Waals surface area contributed by atoms with Gasteiger partial charge in [0.1, 0.15) is 25.5 Å². The number of ether oxygens (including phenoxy) is 3. The molecule has 0 unspecified atom stereocenters. The van der Waals surface area contributed by atoms with Crippen LogP contribution in [0.5, 0.6) is 17.2 Å². The van der Waals surface area contributed by atoms with Crippen LogP contribution in [0.4, 0.5) is 11.4 Å². The van der Waals surface area contributed by atoms with E-state index in [4.69, 9.17) is 14.2 Å². The van der Waals surface area contributed by atoms with Gasteiger partial charge in [-0.2, -0.15) is 0 Å². The van der Waals surface area contributed by atoms with Crippen LogP contribution in [0.15, 0.2) is 65.5 Å². The Balaban J connectivity index is 1.49. The average molecular weight is 500 g/mol.